The molecule has 20 heavy (non-hydrogen) atoms. The molecule has 0 aromatic heterocycles. The SMILES string of the molecule is CCCCCCc1ccc2ccccc2c1S(=O)(=O)Cl. The lowest BCUT2D eigenvalue weighted by Crippen LogP contribution is -2.00. The van der Waals surface area contributed by atoms with Gasteiger partial charge < -0.3 is 0 Å². The molecule has 4 heteroatoms. The molecular weight excluding hydrogens is 292 g/mol. The van der Waals surface area contributed by atoms with Gasteiger partial charge in [0.05, 0.1) is 4.90 Å². The Bertz CT molecular complexity index is 693. The largest absolute Gasteiger partial charge is 0.262 e. The summed E-state index contributed by atoms with van der Waals surface area (Å²) in [7, 11) is 1.92. The van der Waals surface area contributed by atoms with E-state index in [0.717, 1.165) is 35.6 Å². The monoisotopic (exact) mass is 310 g/mol. The number of hydrogen-bond acceptors (Lipinski definition) is 2. The Morgan fingerprint density at radius 2 is 1.75 bits per heavy atom. The summed E-state index contributed by atoms with van der Waals surface area (Å²) >= 11 is 0. The zero-order valence-corrected chi connectivity index (χ0v) is 13.2. The van der Waals surface area contributed by atoms with Crippen molar-refractivity contribution >= 4 is 30.5 Å². The van der Waals surface area contributed by atoms with Crippen LogP contribution in [0.5, 0.6) is 0 Å². The number of aryl methyl sites for hydroxylation is 1. The van der Waals surface area contributed by atoms with Gasteiger partial charge in [-0.2, -0.15) is 0 Å². The Kier molecular flexibility index (Phi) is 5.06. The van der Waals surface area contributed by atoms with Crippen LogP contribution < -0.4 is 0 Å². The van der Waals surface area contributed by atoms with Gasteiger partial charge in [-0.05, 0) is 23.8 Å². The van der Waals surface area contributed by atoms with E-state index in [-0.39, 0.29) is 4.90 Å². The zero-order valence-electron chi connectivity index (χ0n) is 11.6. The molecule has 0 saturated carbocycles. The summed E-state index contributed by atoms with van der Waals surface area (Å²) < 4.78 is 23.8. The Hall–Kier alpha value is -1.06. The van der Waals surface area contributed by atoms with Gasteiger partial charge in [0.1, 0.15) is 0 Å². The average molecular weight is 311 g/mol. The molecule has 0 saturated heterocycles. The highest BCUT2D eigenvalue weighted by atomic mass is 35.7. The van der Waals surface area contributed by atoms with Gasteiger partial charge in [0.2, 0.25) is 0 Å². The van der Waals surface area contributed by atoms with E-state index in [4.69, 9.17) is 10.7 Å². The van der Waals surface area contributed by atoms with E-state index in [1.54, 1.807) is 0 Å². The lowest BCUT2D eigenvalue weighted by Gasteiger charge is -2.10. The fourth-order valence-electron chi connectivity index (χ4n) is 2.52. The minimum Gasteiger partial charge on any atom is -0.207 e. The van der Waals surface area contributed by atoms with Crippen LogP contribution in [-0.4, -0.2) is 8.42 Å². The summed E-state index contributed by atoms with van der Waals surface area (Å²) in [6, 6.07) is 11.3. The molecule has 0 N–H and O–H groups in total. The predicted molar refractivity (Wildman–Crippen MR) is 84.8 cm³/mol. The van der Waals surface area contributed by atoms with Crippen LogP contribution in [-0.2, 0) is 15.5 Å². The van der Waals surface area contributed by atoms with Crippen molar-refractivity contribution in [3.05, 3.63) is 42.0 Å². The second-order valence-electron chi connectivity index (χ2n) is 5.02. The van der Waals surface area contributed by atoms with Crippen molar-refractivity contribution in [2.45, 2.75) is 43.9 Å². The Labute approximate surface area is 125 Å². The van der Waals surface area contributed by atoms with Crippen LogP contribution in [0.2, 0.25) is 0 Å². The standard InChI is InChI=1S/C16H19ClO2S/c1-2-3-4-5-9-14-12-11-13-8-6-7-10-15(13)16(14)20(17,18)19/h6-8,10-12H,2-5,9H2,1H3. The fourth-order valence-corrected chi connectivity index (χ4v) is 3.99. The molecule has 0 bridgehead atoms. The van der Waals surface area contributed by atoms with Gasteiger partial charge in [-0.25, -0.2) is 8.42 Å². The van der Waals surface area contributed by atoms with Crippen molar-refractivity contribution in [1.29, 1.82) is 0 Å². The molecule has 108 valence electrons. The first-order valence-corrected chi connectivity index (χ1v) is 9.30. The topological polar surface area (TPSA) is 34.1 Å². The van der Waals surface area contributed by atoms with E-state index >= 15 is 0 Å². The van der Waals surface area contributed by atoms with E-state index < -0.39 is 9.05 Å². The molecule has 0 atom stereocenters. The minimum atomic E-state index is -3.73. The third kappa shape index (κ3) is 3.53. The quantitative estimate of drug-likeness (QED) is 0.562. The maximum atomic E-state index is 11.9. The number of unbranched alkanes of at least 4 members (excludes halogenated alkanes) is 3. The molecule has 0 aliphatic rings. The summed E-state index contributed by atoms with van der Waals surface area (Å²) in [5, 5.41) is 1.62. The van der Waals surface area contributed by atoms with E-state index in [2.05, 4.69) is 6.92 Å². The van der Waals surface area contributed by atoms with Gasteiger partial charge in [-0.3, -0.25) is 0 Å². The summed E-state index contributed by atoms with van der Waals surface area (Å²) in [5.41, 5.74) is 0.829. The van der Waals surface area contributed by atoms with Crippen LogP contribution >= 0.6 is 10.7 Å². The fraction of sp³-hybridized carbons (Fsp3) is 0.375. The molecule has 2 aromatic rings. The van der Waals surface area contributed by atoms with E-state index in [0.29, 0.717) is 0 Å². The van der Waals surface area contributed by atoms with Gasteiger partial charge in [-0.15, -0.1) is 0 Å². The second-order valence-corrected chi connectivity index (χ2v) is 7.53. The molecule has 0 heterocycles. The Balaban J connectivity index is 2.44. The summed E-state index contributed by atoms with van der Waals surface area (Å²) in [4.78, 5) is 0.286. The molecule has 2 rings (SSSR count). The molecule has 0 spiro atoms. The second kappa shape index (κ2) is 6.59. The Morgan fingerprint density at radius 1 is 1.00 bits per heavy atom. The number of benzene rings is 2. The van der Waals surface area contributed by atoms with E-state index in [1.165, 1.54) is 12.8 Å². The van der Waals surface area contributed by atoms with Crippen LogP contribution in [0.15, 0.2) is 41.3 Å². The van der Waals surface area contributed by atoms with Crippen LogP contribution in [0.1, 0.15) is 38.2 Å². The molecule has 2 aromatic carbocycles. The van der Waals surface area contributed by atoms with Gasteiger partial charge in [0.25, 0.3) is 9.05 Å². The lowest BCUT2D eigenvalue weighted by molar-refractivity contribution is 0.608. The first-order valence-electron chi connectivity index (χ1n) is 6.99. The van der Waals surface area contributed by atoms with Crippen molar-refractivity contribution in [2.24, 2.45) is 0 Å². The number of rotatable bonds is 6. The number of halogens is 1. The Morgan fingerprint density at radius 3 is 2.45 bits per heavy atom. The van der Waals surface area contributed by atoms with Crippen molar-refractivity contribution in [3.63, 3.8) is 0 Å². The van der Waals surface area contributed by atoms with Crippen molar-refractivity contribution in [1.82, 2.24) is 0 Å². The summed E-state index contributed by atoms with van der Waals surface area (Å²) in [6.45, 7) is 2.16. The third-order valence-corrected chi connectivity index (χ3v) is 4.94. The van der Waals surface area contributed by atoms with Gasteiger partial charge in [0.15, 0.2) is 0 Å². The highest BCUT2D eigenvalue weighted by Crippen LogP contribution is 2.30. The highest BCUT2D eigenvalue weighted by Gasteiger charge is 2.18. The molecule has 2 nitrogen and oxygen atoms in total. The summed E-state index contributed by atoms with van der Waals surface area (Å²) in [6.07, 6.45) is 5.21. The van der Waals surface area contributed by atoms with Gasteiger partial charge in [-0.1, -0.05) is 62.6 Å². The van der Waals surface area contributed by atoms with Crippen LogP contribution in [0.3, 0.4) is 0 Å². The van der Waals surface area contributed by atoms with Gasteiger partial charge in [0, 0.05) is 16.1 Å². The molecule has 0 aliphatic heterocycles. The number of fused-ring (bicyclic) bond motifs is 1. The van der Waals surface area contributed by atoms with Crippen molar-refractivity contribution in [2.75, 3.05) is 0 Å². The van der Waals surface area contributed by atoms with Crippen molar-refractivity contribution < 1.29 is 8.42 Å². The normalized spacial score (nSPS) is 11.9. The highest BCUT2D eigenvalue weighted by molar-refractivity contribution is 8.14. The van der Waals surface area contributed by atoms with E-state index in [9.17, 15) is 8.42 Å². The van der Waals surface area contributed by atoms with Crippen LogP contribution in [0, 0.1) is 0 Å². The molecule has 0 aliphatic carbocycles. The van der Waals surface area contributed by atoms with Crippen molar-refractivity contribution in [3.8, 4) is 0 Å². The first kappa shape index (κ1) is 15.3. The van der Waals surface area contributed by atoms with Crippen LogP contribution in [0.4, 0.5) is 0 Å². The van der Waals surface area contributed by atoms with Crippen LogP contribution in [0.25, 0.3) is 10.8 Å². The minimum absolute atomic E-state index is 0.286. The smallest absolute Gasteiger partial charge is 0.207 e. The molecule has 0 radical (unpaired) electrons. The average Bonchev–Trinajstić information content (AvgIpc) is 2.41. The number of hydrogen-bond donors (Lipinski definition) is 0. The molecule has 0 fully saturated rings. The lowest BCUT2D eigenvalue weighted by atomic mass is 10.0. The zero-order chi connectivity index (χ0) is 14.6. The molecule has 0 amide bonds. The molecular formula is C16H19ClO2S. The maximum absolute atomic E-state index is 11.9. The predicted octanol–water partition coefficient (Wildman–Crippen LogP) is 4.89. The molecule has 0 unspecified atom stereocenters. The third-order valence-electron chi connectivity index (χ3n) is 3.50. The summed E-state index contributed by atoms with van der Waals surface area (Å²) in [5.74, 6) is 0. The van der Waals surface area contributed by atoms with E-state index in [1.807, 2.05) is 36.4 Å². The first-order chi connectivity index (χ1) is 9.54. The maximum Gasteiger partial charge on any atom is 0.262 e. The van der Waals surface area contributed by atoms with Gasteiger partial charge >= 0.3 is 0 Å².